The maximum atomic E-state index is 13.8. The highest BCUT2D eigenvalue weighted by molar-refractivity contribution is 6.05. The molecule has 26 heavy (non-hydrogen) atoms. The summed E-state index contributed by atoms with van der Waals surface area (Å²) in [7, 11) is 0. The summed E-state index contributed by atoms with van der Waals surface area (Å²) in [5.41, 5.74) is 1.73. The van der Waals surface area contributed by atoms with E-state index in [1.807, 2.05) is 6.92 Å². The lowest BCUT2D eigenvalue weighted by Gasteiger charge is -2.23. The minimum Gasteiger partial charge on any atom is -0.349 e. The molecule has 3 rings (SSSR count). The van der Waals surface area contributed by atoms with Crippen molar-refractivity contribution < 1.29 is 14.0 Å². The molecule has 0 aliphatic carbocycles. The van der Waals surface area contributed by atoms with Gasteiger partial charge in [0.2, 0.25) is 0 Å². The van der Waals surface area contributed by atoms with Crippen LogP contribution in [0, 0.1) is 12.7 Å². The lowest BCUT2D eigenvalue weighted by atomic mass is 10.0. The van der Waals surface area contributed by atoms with Crippen LogP contribution in [0.3, 0.4) is 0 Å². The van der Waals surface area contributed by atoms with E-state index in [9.17, 15) is 14.0 Å². The van der Waals surface area contributed by atoms with Gasteiger partial charge in [-0.15, -0.1) is 0 Å². The smallest absolute Gasteiger partial charge is 0.258 e. The zero-order chi connectivity index (χ0) is 18.5. The molecule has 0 radical (unpaired) electrons. The van der Waals surface area contributed by atoms with Gasteiger partial charge in [-0.1, -0.05) is 18.2 Å². The number of hydrogen-bond acceptors (Lipinski definition) is 3. The van der Waals surface area contributed by atoms with Crippen LogP contribution in [0.1, 0.15) is 39.1 Å². The molecule has 1 aliphatic heterocycles. The Bertz CT molecular complexity index is 816. The molecule has 2 aromatic rings. The Hall–Kier alpha value is -2.73. The zero-order valence-electron chi connectivity index (χ0n) is 14.6. The first kappa shape index (κ1) is 18.1. The summed E-state index contributed by atoms with van der Waals surface area (Å²) in [5, 5.41) is 8.98. The maximum Gasteiger partial charge on any atom is 0.258 e. The predicted molar refractivity (Wildman–Crippen MR) is 98.9 cm³/mol. The largest absolute Gasteiger partial charge is 0.349 e. The summed E-state index contributed by atoms with van der Waals surface area (Å²) < 4.78 is 13.8. The van der Waals surface area contributed by atoms with Gasteiger partial charge in [0.1, 0.15) is 5.82 Å². The van der Waals surface area contributed by atoms with Crippen molar-refractivity contribution in [1.29, 1.82) is 0 Å². The Morgan fingerprint density at radius 3 is 2.54 bits per heavy atom. The van der Waals surface area contributed by atoms with Crippen molar-refractivity contribution in [2.45, 2.75) is 25.8 Å². The van der Waals surface area contributed by atoms with Gasteiger partial charge in [-0.2, -0.15) is 0 Å². The Labute approximate surface area is 152 Å². The van der Waals surface area contributed by atoms with Crippen molar-refractivity contribution in [1.82, 2.24) is 10.6 Å². The Morgan fingerprint density at radius 1 is 1.08 bits per heavy atom. The van der Waals surface area contributed by atoms with Crippen LogP contribution in [-0.2, 0) is 0 Å². The third kappa shape index (κ3) is 4.26. The van der Waals surface area contributed by atoms with Gasteiger partial charge in [-0.25, -0.2) is 4.39 Å². The van der Waals surface area contributed by atoms with Crippen molar-refractivity contribution >= 4 is 17.5 Å². The van der Waals surface area contributed by atoms with E-state index in [-0.39, 0.29) is 17.5 Å². The number of carbonyl (C=O) groups excluding carboxylic acids is 2. The van der Waals surface area contributed by atoms with Gasteiger partial charge in [0.15, 0.2) is 0 Å². The molecule has 0 unspecified atom stereocenters. The molecule has 2 aromatic carbocycles. The molecule has 2 amide bonds. The summed E-state index contributed by atoms with van der Waals surface area (Å²) >= 11 is 0. The molecule has 1 fully saturated rings. The fraction of sp³-hybridized carbons (Fsp3) is 0.300. The molecule has 0 atom stereocenters. The number of anilines is 1. The van der Waals surface area contributed by atoms with E-state index in [0.717, 1.165) is 31.5 Å². The van der Waals surface area contributed by atoms with Crippen molar-refractivity contribution in [2.24, 2.45) is 0 Å². The fourth-order valence-corrected chi connectivity index (χ4v) is 2.97. The Morgan fingerprint density at radius 2 is 1.81 bits per heavy atom. The number of carbonyl (C=O) groups is 2. The van der Waals surface area contributed by atoms with Gasteiger partial charge in [0.05, 0.1) is 5.56 Å². The number of piperidine rings is 1. The minimum absolute atomic E-state index is 0.0311. The number of hydrogen-bond donors (Lipinski definition) is 3. The number of benzene rings is 2. The van der Waals surface area contributed by atoms with Crippen LogP contribution in [0.15, 0.2) is 42.5 Å². The molecule has 0 bridgehead atoms. The van der Waals surface area contributed by atoms with Crippen LogP contribution >= 0.6 is 0 Å². The van der Waals surface area contributed by atoms with Crippen LogP contribution in [0.5, 0.6) is 0 Å². The molecule has 1 heterocycles. The van der Waals surface area contributed by atoms with Crippen molar-refractivity contribution in [3.8, 4) is 0 Å². The number of amides is 2. The zero-order valence-corrected chi connectivity index (χ0v) is 14.6. The molecule has 5 nitrogen and oxygen atoms in total. The van der Waals surface area contributed by atoms with Crippen LogP contribution in [-0.4, -0.2) is 30.9 Å². The molecular formula is C20H22FN3O2. The fourth-order valence-electron chi connectivity index (χ4n) is 2.97. The van der Waals surface area contributed by atoms with Crippen molar-refractivity contribution in [3.63, 3.8) is 0 Å². The minimum atomic E-state index is -0.581. The number of halogens is 1. The second-order valence-corrected chi connectivity index (χ2v) is 6.46. The lowest BCUT2D eigenvalue weighted by molar-refractivity contribution is 0.0928. The van der Waals surface area contributed by atoms with Crippen LogP contribution < -0.4 is 16.0 Å². The summed E-state index contributed by atoms with van der Waals surface area (Å²) in [4.78, 5) is 24.8. The van der Waals surface area contributed by atoms with Crippen molar-refractivity contribution in [3.05, 3.63) is 65.0 Å². The monoisotopic (exact) mass is 355 g/mol. The van der Waals surface area contributed by atoms with E-state index in [2.05, 4.69) is 16.0 Å². The second kappa shape index (κ2) is 8.10. The first-order valence-corrected chi connectivity index (χ1v) is 8.72. The molecule has 0 aromatic heterocycles. The highest BCUT2D eigenvalue weighted by Crippen LogP contribution is 2.19. The van der Waals surface area contributed by atoms with E-state index in [4.69, 9.17) is 0 Å². The molecule has 136 valence electrons. The standard InChI is InChI=1S/C20H22FN3O2/c1-13-6-7-14(19(25)23-15-8-10-22-11-9-15)12-18(13)24-20(26)16-4-2-3-5-17(16)21/h2-7,12,15,22H,8-11H2,1H3,(H,23,25)(H,24,26). The number of rotatable bonds is 4. The first-order valence-electron chi connectivity index (χ1n) is 8.72. The quantitative estimate of drug-likeness (QED) is 0.790. The van der Waals surface area contributed by atoms with E-state index >= 15 is 0 Å². The first-order chi connectivity index (χ1) is 12.5. The van der Waals surface area contributed by atoms with Crippen molar-refractivity contribution in [2.75, 3.05) is 18.4 Å². The molecular weight excluding hydrogens is 333 g/mol. The summed E-state index contributed by atoms with van der Waals surface area (Å²) in [6.45, 7) is 3.61. The molecule has 0 spiro atoms. The average Bonchev–Trinajstić information content (AvgIpc) is 2.64. The predicted octanol–water partition coefficient (Wildman–Crippen LogP) is 2.87. The van der Waals surface area contributed by atoms with Gasteiger partial charge in [-0.05, 0) is 62.7 Å². The summed E-state index contributed by atoms with van der Waals surface area (Å²) in [5.74, 6) is -1.29. The van der Waals surface area contributed by atoms with Gasteiger partial charge in [0.25, 0.3) is 11.8 Å². The van der Waals surface area contributed by atoms with Crippen LogP contribution in [0.25, 0.3) is 0 Å². The van der Waals surface area contributed by atoms with E-state index < -0.39 is 11.7 Å². The molecule has 1 saturated heterocycles. The van der Waals surface area contributed by atoms with Gasteiger partial charge in [-0.3, -0.25) is 9.59 Å². The summed E-state index contributed by atoms with van der Waals surface area (Å²) in [6.07, 6.45) is 1.79. The number of aryl methyl sites for hydroxylation is 1. The topological polar surface area (TPSA) is 70.2 Å². The van der Waals surface area contributed by atoms with Gasteiger partial charge in [0, 0.05) is 17.3 Å². The average molecular weight is 355 g/mol. The molecule has 0 saturated carbocycles. The lowest BCUT2D eigenvalue weighted by Crippen LogP contribution is -2.42. The third-order valence-electron chi connectivity index (χ3n) is 4.54. The highest BCUT2D eigenvalue weighted by atomic mass is 19.1. The van der Waals surface area contributed by atoms with Crippen LogP contribution in [0.2, 0.25) is 0 Å². The highest BCUT2D eigenvalue weighted by Gasteiger charge is 2.18. The molecule has 1 aliphatic rings. The SMILES string of the molecule is Cc1ccc(C(=O)NC2CCNCC2)cc1NC(=O)c1ccccc1F. The summed E-state index contributed by atoms with van der Waals surface area (Å²) in [6, 6.07) is 11.1. The number of nitrogens with one attached hydrogen (secondary N) is 3. The van der Waals surface area contributed by atoms with Crippen LogP contribution in [0.4, 0.5) is 10.1 Å². The second-order valence-electron chi connectivity index (χ2n) is 6.46. The third-order valence-corrected chi connectivity index (χ3v) is 4.54. The maximum absolute atomic E-state index is 13.8. The molecule has 3 N–H and O–H groups in total. The van der Waals surface area contributed by atoms with E-state index in [1.165, 1.54) is 18.2 Å². The Kier molecular flexibility index (Phi) is 5.63. The Balaban J connectivity index is 1.74. The van der Waals surface area contributed by atoms with Gasteiger partial charge >= 0.3 is 0 Å². The normalized spacial score (nSPS) is 14.7. The van der Waals surface area contributed by atoms with Gasteiger partial charge < -0.3 is 16.0 Å². The van der Waals surface area contributed by atoms with E-state index in [0.29, 0.717) is 11.3 Å². The van der Waals surface area contributed by atoms with E-state index in [1.54, 1.807) is 24.3 Å². The molecule has 6 heteroatoms.